The van der Waals surface area contributed by atoms with Crippen LogP contribution >= 0.6 is 15.9 Å². The number of hydrogen-bond acceptors (Lipinski definition) is 2. The van der Waals surface area contributed by atoms with E-state index in [1.165, 1.54) is 0 Å². The van der Waals surface area contributed by atoms with Gasteiger partial charge in [-0.05, 0) is 18.1 Å². The molecule has 0 aliphatic heterocycles. The van der Waals surface area contributed by atoms with Crippen LogP contribution in [0.25, 0.3) is 0 Å². The third-order valence-electron chi connectivity index (χ3n) is 2.41. The number of fused-ring (bicyclic) bond motifs is 1. The molecule has 1 aliphatic rings. The van der Waals surface area contributed by atoms with Crippen LogP contribution in [0, 0.1) is 0 Å². The van der Waals surface area contributed by atoms with Crippen molar-refractivity contribution in [1.82, 2.24) is 0 Å². The molecule has 0 saturated carbocycles. The number of Topliss-reactive ketones (excluding diaryl/α,β-unsaturated/α-hetero) is 1. The van der Waals surface area contributed by atoms with E-state index in [-0.39, 0.29) is 11.8 Å². The molecule has 1 aromatic carbocycles. The molecule has 2 rings (SSSR count). The zero-order valence-corrected chi connectivity index (χ0v) is 8.67. The first-order valence-electron chi connectivity index (χ1n) is 4.27. The van der Waals surface area contributed by atoms with Crippen LogP contribution in [0.1, 0.15) is 34.8 Å². The molecule has 0 heterocycles. The lowest BCUT2D eigenvalue weighted by molar-refractivity contribution is 0.0967. The molecule has 0 bridgehead atoms. The van der Waals surface area contributed by atoms with Gasteiger partial charge in [0, 0.05) is 22.5 Å². The van der Waals surface area contributed by atoms with Crippen molar-refractivity contribution in [3.63, 3.8) is 0 Å². The van der Waals surface area contributed by atoms with Crippen molar-refractivity contribution in [3.8, 4) is 0 Å². The average molecular weight is 240 g/mol. The largest absolute Gasteiger partial charge is 0.324 e. The molecule has 0 spiro atoms. The third-order valence-corrected chi connectivity index (χ3v) is 3.10. The maximum absolute atomic E-state index is 11.5. The highest BCUT2D eigenvalue weighted by Crippen LogP contribution is 2.33. The van der Waals surface area contributed by atoms with Crippen LogP contribution in [-0.4, -0.2) is 5.78 Å². The monoisotopic (exact) mass is 239 g/mol. The number of carbonyl (C=O) groups excluding carboxylic acids is 1. The minimum atomic E-state index is 0.00303. The van der Waals surface area contributed by atoms with Gasteiger partial charge in [-0.1, -0.05) is 28.1 Å². The van der Waals surface area contributed by atoms with Gasteiger partial charge in [-0.2, -0.15) is 0 Å². The molecular weight excluding hydrogens is 230 g/mol. The molecule has 0 amide bonds. The van der Waals surface area contributed by atoms with Gasteiger partial charge in [-0.15, -0.1) is 0 Å². The van der Waals surface area contributed by atoms with Gasteiger partial charge in [0.2, 0.25) is 0 Å². The molecule has 68 valence electrons. The van der Waals surface area contributed by atoms with Gasteiger partial charge in [0.15, 0.2) is 5.78 Å². The highest BCUT2D eigenvalue weighted by Gasteiger charge is 2.24. The molecule has 0 radical (unpaired) electrons. The van der Waals surface area contributed by atoms with Crippen molar-refractivity contribution in [1.29, 1.82) is 0 Å². The number of nitrogens with two attached hydrogens (primary N) is 1. The maximum atomic E-state index is 11.5. The van der Waals surface area contributed by atoms with Crippen LogP contribution in [-0.2, 0) is 0 Å². The quantitative estimate of drug-likeness (QED) is 0.756. The Bertz CT molecular complexity index is 362. The zero-order chi connectivity index (χ0) is 9.42. The fourth-order valence-electron chi connectivity index (χ4n) is 1.72. The smallest absolute Gasteiger partial charge is 0.163 e. The topological polar surface area (TPSA) is 43.1 Å². The fourth-order valence-corrected chi connectivity index (χ4v) is 2.38. The van der Waals surface area contributed by atoms with Crippen LogP contribution in [0.3, 0.4) is 0 Å². The van der Waals surface area contributed by atoms with Crippen molar-refractivity contribution >= 4 is 21.7 Å². The van der Waals surface area contributed by atoms with E-state index in [0.29, 0.717) is 6.42 Å². The van der Waals surface area contributed by atoms with E-state index in [4.69, 9.17) is 5.73 Å². The Labute approximate surface area is 85.3 Å². The average Bonchev–Trinajstić information content (AvgIpc) is 2.12. The van der Waals surface area contributed by atoms with Gasteiger partial charge in [0.05, 0.1) is 0 Å². The lowest BCUT2D eigenvalue weighted by atomic mass is 9.87. The minimum Gasteiger partial charge on any atom is -0.324 e. The number of benzene rings is 1. The van der Waals surface area contributed by atoms with Crippen LogP contribution in [0.2, 0.25) is 0 Å². The Hall–Kier alpha value is -0.670. The second-order valence-electron chi connectivity index (χ2n) is 3.27. The zero-order valence-electron chi connectivity index (χ0n) is 7.09. The fraction of sp³-hybridized carbons (Fsp3) is 0.300. The summed E-state index contributed by atoms with van der Waals surface area (Å²) < 4.78 is 0.950. The van der Waals surface area contributed by atoms with Gasteiger partial charge in [0.1, 0.15) is 0 Å². The van der Waals surface area contributed by atoms with Crippen molar-refractivity contribution in [2.24, 2.45) is 5.73 Å². The second-order valence-corrected chi connectivity index (χ2v) is 4.12. The molecule has 13 heavy (non-hydrogen) atoms. The summed E-state index contributed by atoms with van der Waals surface area (Å²) in [5.41, 5.74) is 7.68. The number of halogens is 1. The van der Waals surface area contributed by atoms with Crippen molar-refractivity contribution < 1.29 is 4.79 Å². The Kier molecular flexibility index (Phi) is 2.22. The minimum absolute atomic E-state index is 0.00303. The number of hydrogen-bond donors (Lipinski definition) is 1. The summed E-state index contributed by atoms with van der Waals surface area (Å²) in [6, 6.07) is 5.65. The van der Waals surface area contributed by atoms with Crippen LogP contribution in [0.5, 0.6) is 0 Å². The Morgan fingerprint density at radius 1 is 1.46 bits per heavy atom. The molecule has 2 N–H and O–H groups in total. The van der Waals surface area contributed by atoms with Crippen LogP contribution in [0.15, 0.2) is 22.7 Å². The van der Waals surface area contributed by atoms with Gasteiger partial charge in [-0.3, -0.25) is 4.79 Å². The van der Waals surface area contributed by atoms with Gasteiger partial charge in [0.25, 0.3) is 0 Å². The van der Waals surface area contributed by atoms with Crippen molar-refractivity contribution in [3.05, 3.63) is 33.8 Å². The summed E-state index contributed by atoms with van der Waals surface area (Å²) in [5, 5.41) is 0. The van der Waals surface area contributed by atoms with E-state index in [1.807, 2.05) is 18.2 Å². The van der Waals surface area contributed by atoms with Crippen LogP contribution in [0.4, 0.5) is 0 Å². The van der Waals surface area contributed by atoms with Crippen molar-refractivity contribution in [2.75, 3.05) is 0 Å². The predicted octanol–water partition coefficient (Wildman–Crippen LogP) is 2.43. The molecule has 2 nitrogen and oxygen atoms in total. The summed E-state index contributed by atoms with van der Waals surface area (Å²) in [7, 11) is 0. The molecule has 0 fully saturated rings. The molecule has 1 atom stereocenters. The SMILES string of the molecule is NC1CCC(=O)c2cccc(Br)c21. The lowest BCUT2D eigenvalue weighted by Gasteiger charge is -2.22. The molecule has 1 aliphatic carbocycles. The van der Waals surface area contributed by atoms with E-state index in [2.05, 4.69) is 15.9 Å². The molecule has 3 heteroatoms. The third kappa shape index (κ3) is 1.42. The summed E-state index contributed by atoms with van der Waals surface area (Å²) in [4.78, 5) is 11.5. The Balaban J connectivity index is 2.63. The summed E-state index contributed by atoms with van der Waals surface area (Å²) in [6.07, 6.45) is 1.33. The maximum Gasteiger partial charge on any atom is 0.163 e. The summed E-state index contributed by atoms with van der Waals surface area (Å²) >= 11 is 3.42. The molecule has 1 aromatic rings. The normalized spacial score (nSPS) is 21.4. The lowest BCUT2D eigenvalue weighted by Crippen LogP contribution is -2.21. The van der Waals surface area contributed by atoms with E-state index in [9.17, 15) is 4.79 Å². The predicted molar refractivity (Wildman–Crippen MR) is 54.6 cm³/mol. The van der Waals surface area contributed by atoms with Gasteiger partial charge in [-0.25, -0.2) is 0 Å². The Morgan fingerprint density at radius 3 is 2.92 bits per heavy atom. The standard InChI is InChI=1S/C10H10BrNO/c11-7-3-1-2-6-9(13)5-4-8(12)10(6)7/h1-3,8H,4-5,12H2. The van der Waals surface area contributed by atoms with Gasteiger partial charge >= 0.3 is 0 Å². The van der Waals surface area contributed by atoms with E-state index >= 15 is 0 Å². The first-order chi connectivity index (χ1) is 6.20. The number of rotatable bonds is 0. The summed E-state index contributed by atoms with van der Waals surface area (Å²) in [5.74, 6) is 0.206. The molecular formula is C10H10BrNO. The van der Waals surface area contributed by atoms with E-state index < -0.39 is 0 Å². The molecule has 0 saturated heterocycles. The number of ketones is 1. The first-order valence-corrected chi connectivity index (χ1v) is 5.06. The van der Waals surface area contributed by atoms with Crippen LogP contribution < -0.4 is 5.73 Å². The molecule has 0 aromatic heterocycles. The summed E-state index contributed by atoms with van der Waals surface area (Å²) in [6.45, 7) is 0. The first kappa shape index (κ1) is 8.91. The highest BCUT2D eigenvalue weighted by atomic mass is 79.9. The van der Waals surface area contributed by atoms with E-state index in [1.54, 1.807) is 0 Å². The van der Waals surface area contributed by atoms with Gasteiger partial charge < -0.3 is 5.73 Å². The molecule has 1 unspecified atom stereocenters. The second kappa shape index (κ2) is 3.24. The Morgan fingerprint density at radius 2 is 2.23 bits per heavy atom. The highest BCUT2D eigenvalue weighted by molar-refractivity contribution is 9.10. The van der Waals surface area contributed by atoms with Crippen molar-refractivity contribution in [2.45, 2.75) is 18.9 Å². The van der Waals surface area contributed by atoms with E-state index in [0.717, 1.165) is 22.0 Å². The number of carbonyl (C=O) groups is 1.